The van der Waals surface area contributed by atoms with E-state index in [0.29, 0.717) is 0 Å². The van der Waals surface area contributed by atoms with Gasteiger partial charge < -0.3 is 14.8 Å². The van der Waals surface area contributed by atoms with Crippen LogP contribution in [0.3, 0.4) is 0 Å². The summed E-state index contributed by atoms with van der Waals surface area (Å²) in [6.07, 6.45) is 1.05. The molecule has 22 heavy (non-hydrogen) atoms. The lowest BCUT2D eigenvalue weighted by Gasteiger charge is -2.26. The molecule has 1 heterocycles. The Balaban J connectivity index is 2.60. The summed E-state index contributed by atoms with van der Waals surface area (Å²) in [6, 6.07) is 0. The van der Waals surface area contributed by atoms with Gasteiger partial charge in [-0.2, -0.15) is 0 Å². The Kier molecular flexibility index (Phi) is 6.01. The first-order valence-corrected chi connectivity index (χ1v) is 8.45. The highest BCUT2D eigenvalue weighted by Crippen LogP contribution is 2.48. The summed E-state index contributed by atoms with van der Waals surface area (Å²) >= 11 is 0. The summed E-state index contributed by atoms with van der Waals surface area (Å²) in [5.41, 5.74) is 0. The summed E-state index contributed by atoms with van der Waals surface area (Å²) in [6.45, 7) is 0.198. The van der Waals surface area contributed by atoms with Crippen molar-refractivity contribution in [2.75, 3.05) is 32.5 Å². The highest BCUT2D eigenvalue weighted by atomic mass is 31.2. The van der Waals surface area contributed by atoms with Crippen LogP contribution >= 0.6 is 7.29 Å². The molecule has 0 aromatic heterocycles. The van der Waals surface area contributed by atoms with Crippen molar-refractivity contribution in [1.82, 2.24) is 9.57 Å². The molecule has 0 saturated carbocycles. The molecule has 2 amide bonds. The molecule has 0 aliphatic carbocycles. The third-order valence-electron chi connectivity index (χ3n) is 3.15. The number of hydrogen-bond donors (Lipinski definition) is 2. The van der Waals surface area contributed by atoms with Gasteiger partial charge in [-0.05, 0) is 13.5 Å². The van der Waals surface area contributed by atoms with E-state index in [9.17, 15) is 23.7 Å². The van der Waals surface area contributed by atoms with Gasteiger partial charge in [0.15, 0.2) is 7.29 Å². The topological polar surface area (TPSA) is 132 Å². The number of amides is 2. The predicted molar refractivity (Wildman–Crippen MR) is 75.7 cm³/mol. The highest BCUT2D eigenvalue weighted by Gasteiger charge is 2.33. The first kappa shape index (κ1) is 18.1. The number of aliphatic carboxylic acids is 2. The van der Waals surface area contributed by atoms with Crippen molar-refractivity contribution in [3.8, 4) is 0 Å². The second-order valence-electron chi connectivity index (χ2n) is 4.85. The minimum Gasteiger partial charge on any atom is -0.481 e. The van der Waals surface area contributed by atoms with Crippen LogP contribution in [0.15, 0.2) is 12.2 Å². The SMILES string of the molecule is CN(CCCN1C(=O)C=CC1=O)P(=O)(CC(=O)O)CC(=O)O. The van der Waals surface area contributed by atoms with Gasteiger partial charge in [0.2, 0.25) is 0 Å². The van der Waals surface area contributed by atoms with Gasteiger partial charge in [-0.1, -0.05) is 0 Å². The maximum absolute atomic E-state index is 12.5. The summed E-state index contributed by atoms with van der Waals surface area (Å²) < 4.78 is 13.7. The van der Waals surface area contributed by atoms with Gasteiger partial charge in [0.05, 0.1) is 0 Å². The molecule has 2 N–H and O–H groups in total. The van der Waals surface area contributed by atoms with Crippen molar-refractivity contribution in [1.29, 1.82) is 0 Å². The molecule has 0 aromatic rings. The lowest BCUT2D eigenvalue weighted by molar-refractivity contribution is -0.137. The van der Waals surface area contributed by atoms with Gasteiger partial charge in [-0.25, -0.2) is 0 Å². The molecule has 9 nitrogen and oxygen atoms in total. The van der Waals surface area contributed by atoms with Crippen LogP contribution in [0.1, 0.15) is 6.42 Å². The molecule has 10 heteroatoms. The Morgan fingerprint density at radius 3 is 2.00 bits per heavy atom. The number of carbonyl (C=O) groups is 4. The van der Waals surface area contributed by atoms with E-state index in [0.717, 1.165) is 17.1 Å². The van der Waals surface area contributed by atoms with Crippen molar-refractivity contribution >= 4 is 31.0 Å². The second kappa shape index (κ2) is 7.33. The first-order valence-electron chi connectivity index (χ1n) is 6.42. The Bertz CT molecular complexity index is 534. The maximum Gasteiger partial charge on any atom is 0.312 e. The number of hydrogen-bond acceptors (Lipinski definition) is 5. The van der Waals surface area contributed by atoms with E-state index in [1.165, 1.54) is 11.7 Å². The van der Waals surface area contributed by atoms with Crippen LogP contribution < -0.4 is 0 Å². The lowest BCUT2D eigenvalue weighted by Crippen LogP contribution is -2.33. The molecular formula is C12H17N2O7P. The smallest absolute Gasteiger partial charge is 0.312 e. The summed E-state index contributed by atoms with van der Waals surface area (Å²) in [5, 5.41) is 17.6. The average Bonchev–Trinajstić information content (AvgIpc) is 2.68. The standard InChI is InChI=1S/C12H17N2O7P/c1-13(22(21,7-11(17)18)8-12(19)20)5-2-6-14-9(15)3-4-10(14)16/h3-4H,2,5-8H2,1H3,(H,17,18)(H,19,20). The van der Waals surface area contributed by atoms with Crippen molar-refractivity contribution in [2.45, 2.75) is 6.42 Å². The van der Waals surface area contributed by atoms with Crippen LogP contribution in [0.4, 0.5) is 0 Å². The molecule has 0 fully saturated rings. The molecule has 0 unspecified atom stereocenters. The van der Waals surface area contributed by atoms with Crippen LogP contribution in [0.5, 0.6) is 0 Å². The third kappa shape index (κ3) is 4.78. The van der Waals surface area contributed by atoms with E-state index < -0.39 is 43.4 Å². The Morgan fingerprint density at radius 1 is 1.14 bits per heavy atom. The Hall–Kier alpha value is -1.99. The van der Waals surface area contributed by atoms with Crippen LogP contribution in [-0.2, 0) is 23.7 Å². The lowest BCUT2D eigenvalue weighted by atomic mass is 10.4. The number of carboxylic acid groups (broad SMARTS) is 2. The van der Waals surface area contributed by atoms with Crippen LogP contribution in [0.25, 0.3) is 0 Å². The zero-order valence-corrected chi connectivity index (χ0v) is 12.9. The highest BCUT2D eigenvalue weighted by molar-refractivity contribution is 7.63. The van der Waals surface area contributed by atoms with E-state index in [1.807, 2.05) is 0 Å². The van der Waals surface area contributed by atoms with Crippen LogP contribution in [0, 0.1) is 0 Å². The Labute approximate surface area is 126 Å². The number of rotatable bonds is 9. The molecule has 1 aliphatic heterocycles. The van der Waals surface area contributed by atoms with Gasteiger partial charge in [-0.15, -0.1) is 0 Å². The molecule has 0 radical (unpaired) electrons. The zero-order chi connectivity index (χ0) is 16.9. The second-order valence-corrected chi connectivity index (χ2v) is 7.85. The fourth-order valence-electron chi connectivity index (χ4n) is 2.01. The Morgan fingerprint density at radius 2 is 1.59 bits per heavy atom. The molecule has 0 aromatic carbocycles. The summed E-state index contributed by atoms with van der Waals surface area (Å²) in [5.74, 6) is -3.56. The molecule has 0 bridgehead atoms. The summed E-state index contributed by atoms with van der Waals surface area (Å²) in [4.78, 5) is 45.2. The third-order valence-corrected chi connectivity index (χ3v) is 6.12. The van der Waals surface area contributed by atoms with Crippen molar-refractivity contribution in [3.05, 3.63) is 12.2 Å². The van der Waals surface area contributed by atoms with Crippen LogP contribution in [-0.4, -0.2) is 76.0 Å². The number of carboxylic acids is 2. The number of carbonyl (C=O) groups excluding carboxylic acids is 2. The normalized spacial score (nSPS) is 14.9. The van der Waals surface area contributed by atoms with Crippen molar-refractivity contribution in [3.63, 3.8) is 0 Å². The van der Waals surface area contributed by atoms with E-state index in [4.69, 9.17) is 10.2 Å². The van der Waals surface area contributed by atoms with E-state index in [-0.39, 0.29) is 19.5 Å². The summed E-state index contributed by atoms with van der Waals surface area (Å²) in [7, 11) is -2.21. The molecular weight excluding hydrogens is 315 g/mol. The van der Waals surface area contributed by atoms with Gasteiger partial charge in [0.1, 0.15) is 12.3 Å². The average molecular weight is 332 g/mol. The largest absolute Gasteiger partial charge is 0.481 e. The fourth-order valence-corrected chi connectivity index (χ4v) is 3.96. The van der Waals surface area contributed by atoms with Gasteiger partial charge >= 0.3 is 11.9 Å². The van der Waals surface area contributed by atoms with Gasteiger partial charge in [-0.3, -0.25) is 28.7 Å². The van der Waals surface area contributed by atoms with Crippen molar-refractivity contribution in [2.24, 2.45) is 0 Å². The number of nitrogens with zero attached hydrogens (tertiary/aromatic N) is 2. The molecule has 122 valence electrons. The van der Waals surface area contributed by atoms with E-state index >= 15 is 0 Å². The molecule has 1 aliphatic rings. The first-order chi connectivity index (χ1) is 10.2. The van der Waals surface area contributed by atoms with E-state index in [1.54, 1.807) is 0 Å². The molecule has 1 rings (SSSR count). The van der Waals surface area contributed by atoms with Crippen LogP contribution in [0.2, 0.25) is 0 Å². The van der Waals surface area contributed by atoms with Gasteiger partial charge in [0.25, 0.3) is 11.8 Å². The number of imide groups is 1. The minimum absolute atomic E-state index is 0.0924. The quantitative estimate of drug-likeness (QED) is 0.434. The minimum atomic E-state index is -3.58. The molecule has 0 spiro atoms. The molecule has 0 saturated heterocycles. The maximum atomic E-state index is 12.5. The monoisotopic (exact) mass is 332 g/mol. The van der Waals surface area contributed by atoms with Gasteiger partial charge in [0, 0.05) is 25.2 Å². The molecule has 0 atom stereocenters. The van der Waals surface area contributed by atoms with E-state index in [2.05, 4.69) is 0 Å². The fraction of sp³-hybridized carbons (Fsp3) is 0.500. The predicted octanol–water partition coefficient (Wildman–Crippen LogP) is -0.319. The van der Waals surface area contributed by atoms with Crippen molar-refractivity contribution < 1.29 is 34.0 Å². The zero-order valence-electron chi connectivity index (χ0n) is 12.0.